The first-order valence-electron chi connectivity index (χ1n) is 8.96. The van der Waals surface area contributed by atoms with Crippen molar-refractivity contribution in [2.75, 3.05) is 18.9 Å². The third-order valence-corrected chi connectivity index (χ3v) is 4.58. The Bertz CT molecular complexity index is 959. The molecule has 28 heavy (non-hydrogen) atoms. The smallest absolute Gasteiger partial charge is 0.241 e. The molecule has 0 aliphatic carbocycles. The molecule has 6 nitrogen and oxygen atoms in total. The second-order valence-electron chi connectivity index (χ2n) is 7.01. The van der Waals surface area contributed by atoms with Crippen molar-refractivity contribution >= 4 is 23.2 Å². The fraction of sp³-hybridized carbons (Fsp3) is 0.286. The minimum absolute atomic E-state index is 0.0880. The van der Waals surface area contributed by atoms with Crippen LogP contribution >= 0.6 is 11.6 Å². The lowest BCUT2D eigenvalue weighted by atomic mass is 10.1. The van der Waals surface area contributed by atoms with Gasteiger partial charge in [-0.1, -0.05) is 34.5 Å². The van der Waals surface area contributed by atoms with Crippen molar-refractivity contribution in [3.8, 4) is 11.4 Å². The molecule has 1 amide bonds. The Kier molecular flexibility index (Phi) is 6.11. The second-order valence-corrected chi connectivity index (χ2v) is 7.45. The van der Waals surface area contributed by atoms with Crippen molar-refractivity contribution < 1.29 is 9.32 Å². The molecule has 146 valence electrons. The lowest BCUT2D eigenvalue weighted by Gasteiger charge is -2.16. The van der Waals surface area contributed by atoms with E-state index in [9.17, 15) is 4.79 Å². The zero-order chi connectivity index (χ0) is 20.3. The number of carbonyl (C=O) groups excluding carboxylic acids is 1. The van der Waals surface area contributed by atoms with Gasteiger partial charge >= 0.3 is 0 Å². The summed E-state index contributed by atoms with van der Waals surface area (Å²) in [6.07, 6.45) is 0. The Labute approximate surface area is 169 Å². The first-order chi connectivity index (χ1) is 13.3. The van der Waals surface area contributed by atoms with Crippen molar-refractivity contribution in [3.05, 3.63) is 64.0 Å². The van der Waals surface area contributed by atoms with E-state index < -0.39 is 0 Å². The van der Waals surface area contributed by atoms with Crippen molar-refractivity contribution in [1.29, 1.82) is 0 Å². The zero-order valence-electron chi connectivity index (χ0n) is 16.4. The van der Waals surface area contributed by atoms with E-state index in [0.717, 1.165) is 22.4 Å². The van der Waals surface area contributed by atoms with E-state index in [1.165, 1.54) is 5.56 Å². The zero-order valence-corrected chi connectivity index (χ0v) is 17.2. The van der Waals surface area contributed by atoms with E-state index in [0.29, 0.717) is 23.3 Å². The van der Waals surface area contributed by atoms with Crippen LogP contribution in [0, 0.1) is 20.8 Å². The van der Waals surface area contributed by atoms with Gasteiger partial charge in [0.05, 0.1) is 13.1 Å². The summed E-state index contributed by atoms with van der Waals surface area (Å²) >= 11 is 5.90. The van der Waals surface area contributed by atoms with Crippen LogP contribution in [0.1, 0.15) is 22.6 Å². The molecule has 0 atom stereocenters. The first-order valence-corrected chi connectivity index (χ1v) is 9.34. The van der Waals surface area contributed by atoms with Gasteiger partial charge in [0.25, 0.3) is 0 Å². The molecule has 0 saturated carbocycles. The number of hydrogen-bond donors (Lipinski definition) is 1. The molecule has 0 aliphatic rings. The largest absolute Gasteiger partial charge is 0.338 e. The highest BCUT2D eigenvalue weighted by Crippen LogP contribution is 2.22. The van der Waals surface area contributed by atoms with Crippen molar-refractivity contribution in [1.82, 2.24) is 15.0 Å². The summed E-state index contributed by atoms with van der Waals surface area (Å²) in [6.45, 7) is 6.62. The van der Waals surface area contributed by atoms with E-state index in [-0.39, 0.29) is 12.5 Å². The number of benzene rings is 2. The van der Waals surface area contributed by atoms with Crippen LogP contribution in [0.4, 0.5) is 5.69 Å². The highest BCUT2D eigenvalue weighted by Gasteiger charge is 2.14. The predicted molar refractivity (Wildman–Crippen MR) is 110 cm³/mol. The summed E-state index contributed by atoms with van der Waals surface area (Å²) in [5, 5.41) is 7.64. The maximum Gasteiger partial charge on any atom is 0.241 e. The van der Waals surface area contributed by atoms with Crippen LogP contribution in [0.2, 0.25) is 5.02 Å². The average Bonchev–Trinajstić information content (AvgIpc) is 3.07. The third-order valence-electron chi connectivity index (χ3n) is 4.33. The van der Waals surface area contributed by atoms with E-state index >= 15 is 0 Å². The lowest BCUT2D eigenvalue weighted by Crippen LogP contribution is -2.30. The van der Waals surface area contributed by atoms with Crippen LogP contribution in [-0.2, 0) is 11.3 Å². The fourth-order valence-electron chi connectivity index (χ4n) is 3.12. The minimum Gasteiger partial charge on any atom is -0.338 e. The molecule has 1 aromatic heterocycles. The van der Waals surface area contributed by atoms with Crippen LogP contribution in [-0.4, -0.2) is 34.5 Å². The molecule has 7 heteroatoms. The molecule has 0 fully saturated rings. The lowest BCUT2D eigenvalue weighted by molar-refractivity contribution is -0.117. The minimum atomic E-state index is -0.0880. The Morgan fingerprint density at radius 1 is 1.14 bits per heavy atom. The number of aryl methyl sites for hydroxylation is 3. The number of nitrogens with one attached hydrogen (secondary N) is 1. The summed E-state index contributed by atoms with van der Waals surface area (Å²) in [5.74, 6) is 0.855. The Morgan fingerprint density at radius 2 is 1.79 bits per heavy atom. The standard InChI is InChI=1S/C21H23ClN4O2/c1-13-9-14(2)20(15(3)10-13)23-18(27)11-26(4)12-19-24-21(25-28-19)16-5-7-17(22)8-6-16/h5-10H,11-12H2,1-4H3,(H,23,27). The Hall–Kier alpha value is -2.70. The molecule has 2 aromatic carbocycles. The van der Waals surface area contributed by atoms with Gasteiger partial charge in [-0.2, -0.15) is 4.98 Å². The number of likely N-dealkylation sites (N-methyl/N-ethyl adjacent to an activating group) is 1. The Morgan fingerprint density at radius 3 is 2.43 bits per heavy atom. The maximum absolute atomic E-state index is 12.4. The molecule has 0 saturated heterocycles. The van der Waals surface area contributed by atoms with Gasteiger partial charge in [-0.05, 0) is 63.2 Å². The maximum atomic E-state index is 12.4. The third kappa shape index (κ3) is 4.97. The molecule has 1 heterocycles. The van der Waals surface area contributed by atoms with Crippen LogP contribution in [0.5, 0.6) is 0 Å². The van der Waals surface area contributed by atoms with Gasteiger partial charge in [0.2, 0.25) is 17.6 Å². The SMILES string of the molecule is Cc1cc(C)c(NC(=O)CN(C)Cc2nc(-c3ccc(Cl)cc3)no2)c(C)c1. The summed E-state index contributed by atoms with van der Waals surface area (Å²) in [4.78, 5) is 18.6. The number of halogens is 1. The highest BCUT2D eigenvalue weighted by atomic mass is 35.5. The van der Waals surface area contributed by atoms with Gasteiger partial charge in [0.15, 0.2) is 0 Å². The number of rotatable bonds is 6. The first kappa shape index (κ1) is 20.0. The van der Waals surface area contributed by atoms with Gasteiger partial charge in [-0.25, -0.2) is 0 Å². The number of amides is 1. The molecular weight excluding hydrogens is 376 g/mol. The van der Waals surface area contributed by atoms with Crippen LogP contribution in [0.15, 0.2) is 40.9 Å². The molecule has 0 bridgehead atoms. The van der Waals surface area contributed by atoms with Gasteiger partial charge in [0.1, 0.15) is 0 Å². The monoisotopic (exact) mass is 398 g/mol. The topological polar surface area (TPSA) is 71.3 Å². The highest BCUT2D eigenvalue weighted by molar-refractivity contribution is 6.30. The summed E-state index contributed by atoms with van der Waals surface area (Å²) in [7, 11) is 1.83. The van der Waals surface area contributed by atoms with E-state index in [1.54, 1.807) is 12.1 Å². The molecule has 0 aliphatic heterocycles. The summed E-state index contributed by atoms with van der Waals surface area (Å²) in [6, 6.07) is 11.3. The Balaban J connectivity index is 1.59. The summed E-state index contributed by atoms with van der Waals surface area (Å²) in [5.41, 5.74) is 4.98. The van der Waals surface area contributed by atoms with Crippen LogP contribution in [0.3, 0.4) is 0 Å². The molecule has 0 unspecified atom stereocenters. The molecule has 1 N–H and O–H groups in total. The number of carbonyl (C=O) groups is 1. The van der Waals surface area contributed by atoms with Gasteiger partial charge in [-0.15, -0.1) is 0 Å². The van der Waals surface area contributed by atoms with Crippen molar-refractivity contribution in [2.24, 2.45) is 0 Å². The number of nitrogens with zero attached hydrogens (tertiary/aromatic N) is 3. The molecule has 3 aromatic rings. The fourth-order valence-corrected chi connectivity index (χ4v) is 3.25. The van der Waals surface area contributed by atoms with Gasteiger partial charge in [0, 0.05) is 16.3 Å². The average molecular weight is 399 g/mol. The van der Waals surface area contributed by atoms with Crippen molar-refractivity contribution in [2.45, 2.75) is 27.3 Å². The van der Waals surface area contributed by atoms with E-state index in [4.69, 9.17) is 16.1 Å². The van der Waals surface area contributed by atoms with E-state index in [1.807, 2.05) is 44.9 Å². The number of anilines is 1. The number of hydrogen-bond acceptors (Lipinski definition) is 5. The molecule has 0 radical (unpaired) electrons. The second kappa shape index (κ2) is 8.54. The van der Waals surface area contributed by atoms with Gasteiger partial charge in [-0.3, -0.25) is 9.69 Å². The van der Waals surface area contributed by atoms with E-state index in [2.05, 4.69) is 27.6 Å². The van der Waals surface area contributed by atoms with Crippen LogP contribution < -0.4 is 5.32 Å². The van der Waals surface area contributed by atoms with Gasteiger partial charge < -0.3 is 9.84 Å². The molecule has 0 spiro atoms. The number of aromatic nitrogens is 2. The molecular formula is C21H23ClN4O2. The summed E-state index contributed by atoms with van der Waals surface area (Å²) < 4.78 is 5.30. The normalized spacial score (nSPS) is 11.1. The van der Waals surface area contributed by atoms with Crippen molar-refractivity contribution in [3.63, 3.8) is 0 Å². The molecule has 3 rings (SSSR count). The predicted octanol–water partition coefficient (Wildman–Crippen LogP) is 4.39. The quantitative estimate of drug-likeness (QED) is 0.666. The van der Waals surface area contributed by atoms with Crippen LogP contribution in [0.25, 0.3) is 11.4 Å².